The molecule has 0 radical (unpaired) electrons. The molecule has 0 aliphatic carbocycles. The number of Topliss-reactive ketones (excluding diaryl/α,β-unsaturated/α-hetero) is 1. The SMILES string of the molecule is C1COCCN1.Cc1ccc(COCCOc2ccc(C(=O)C(C)(C)O)cc2)cc1. The lowest BCUT2D eigenvalue weighted by Crippen LogP contribution is -2.30. The first kappa shape index (κ1) is 24.0. The predicted octanol–water partition coefficient (Wildman–Crippen LogP) is 3.15. The summed E-state index contributed by atoms with van der Waals surface area (Å²) in [6, 6.07) is 15.0. The van der Waals surface area contributed by atoms with Gasteiger partial charge in [0.2, 0.25) is 0 Å². The zero-order valence-electron chi connectivity index (χ0n) is 18.1. The van der Waals surface area contributed by atoms with Gasteiger partial charge in [0.1, 0.15) is 18.0 Å². The van der Waals surface area contributed by atoms with E-state index < -0.39 is 5.60 Å². The van der Waals surface area contributed by atoms with Gasteiger partial charge >= 0.3 is 0 Å². The van der Waals surface area contributed by atoms with Crippen molar-refractivity contribution in [2.75, 3.05) is 39.5 Å². The van der Waals surface area contributed by atoms with Crippen molar-refractivity contribution in [2.45, 2.75) is 33.0 Å². The Balaban J connectivity index is 0.000000456. The summed E-state index contributed by atoms with van der Waals surface area (Å²) in [5.41, 5.74) is 1.46. The quantitative estimate of drug-likeness (QED) is 0.510. The molecule has 30 heavy (non-hydrogen) atoms. The number of benzene rings is 2. The fraction of sp³-hybridized carbons (Fsp3) is 0.458. The molecule has 1 saturated heterocycles. The van der Waals surface area contributed by atoms with Gasteiger partial charge < -0.3 is 24.6 Å². The van der Waals surface area contributed by atoms with Crippen molar-refractivity contribution in [3.8, 4) is 5.75 Å². The highest BCUT2D eigenvalue weighted by Gasteiger charge is 2.24. The molecule has 1 aliphatic rings. The second kappa shape index (κ2) is 12.4. The summed E-state index contributed by atoms with van der Waals surface area (Å²) in [6.07, 6.45) is 0. The van der Waals surface area contributed by atoms with E-state index >= 15 is 0 Å². The molecule has 164 valence electrons. The van der Waals surface area contributed by atoms with Crippen LogP contribution in [0.5, 0.6) is 5.75 Å². The first-order valence-electron chi connectivity index (χ1n) is 10.3. The molecule has 2 aromatic carbocycles. The van der Waals surface area contributed by atoms with Crippen molar-refractivity contribution in [3.63, 3.8) is 0 Å². The van der Waals surface area contributed by atoms with Crippen LogP contribution in [-0.2, 0) is 16.1 Å². The fourth-order valence-corrected chi connectivity index (χ4v) is 2.66. The van der Waals surface area contributed by atoms with E-state index in [1.54, 1.807) is 24.3 Å². The molecule has 0 bridgehead atoms. The average Bonchev–Trinajstić information content (AvgIpc) is 2.76. The lowest BCUT2D eigenvalue weighted by Gasteiger charge is -2.15. The molecule has 0 saturated carbocycles. The van der Waals surface area contributed by atoms with Crippen LogP contribution in [0.15, 0.2) is 48.5 Å². The molecule has 0 amide bonds. The molecular weight excluding hydrogens is 382 g/mol. The summed E-state index contributed by atoms with van der Waals surface area (Å²) in [4.78, 5) is 11.9. The Morgan fingerprint density at radius 3 is 2.17 bits per heavy atom. The molecule has 0 unspecified atom stereocenters. The average molecular weight is 416 g/mol. The molecule has 0 aromatic heterocycles. The van der Waals surface area contributed by atoms with E-state index in [2.05, 4.69) is 36.5 Å². The van der Waals surface area contributed by atoms with Crippen LogP contribution < -0.4 is 10.1 Å². The van der Waals surface area contributed by atoms with Gasteiger partial charge in [-0.25, -0.2) is 0 Å². The third kappa shape index (κ3) is 9.05. The summed E-state index contributed by atoms with van der Waals surface area (Å²) in [5.74, 6) is 0.358. The van der Waals surface area contributed by atoms with Crippen LogP contribution in [0.3, 0.4) is 0 Å². The lowest BCUT2D eigenvalue weighted by molar-refractivity contribution is 0.0488. The van der Waals surface area contributed by atoms with E-state index in [0.717, 1.165) is 31.9 Å². The molecule has 1 heterocycles. The van der Waals surface area contributed by atoms with Crippen LogP contribution in [0.25, 0.3) is 0 Å². The second-order valence-electron chi connectivity index (χ2n) is 7.66. The van der Waals surface area contributed by atoms with Crippen LogP contribution in [0.2, 0.25) is 0 Å². The standard InChI is InChI=1S/C20H24O4.C4H9NO/c1-15-4-6-16(7-5-15)14-23-12-13-24-18-10-8-17(9-11-18)19(21)20(2,3)22;1-3-6-4-2-5-1/h4-11,22H,12-14H2,1-3H3;5H,1-4H2. The number of hydrogen-bond donors (Lipinski definition) is 2. The number of nitrogens with one attached hydrogen (secondary N) is 1. The Labute approximate surface area is 179 Å². The maximum Gasteiger partial charge on any atom is 0.193 e. The maximum atomic E-state index is 11.9. The number of ketones is 1. The minimum Gasteiger partial charge on any atom is -0.491 e. The number of carbonyl (C=O) groups is 1. The monoisotopic (exact) mass is 415 g/mol. The van der Waals surface area contributed by atoms with Crippen molar-refractivity contribution in [2.24, 2.45) is 0 Å². The zero-order valence-corrected chi connectivity index (χ0v) is 18.1. The smallest absolute Gasteiger partial charge is 0.193 e. The topological polar surface area (TPSA) is 77.0 Å². The summed E-state index contributed by atoms with van der Waals surface area (Å²) >= 11 is 0. The predicted molar refractivity (Wildman–Crippen MR) is 117 cm³/mol. The number of hydrogen-bond acceptors (Lipinski definition) is 6. The van der Waals surface area contributed by atoms with Gasteiger partial charge in [-0.15, -0.1) is 0 Å². The van der Waals surface area contributed by atoms with E-state index in [1.807, 2.05) is 0 Å². The molecule has 6 heteroatoms. The van der Waals surface area contributed by atoms with Crippen LogP contribution in [0, 0.1) is 6.92 Å². The van der Waals surface area contributed by atoms with E-state index in [0.29, 0.717) is 31.1 Å². The Kier molecular flexibility index (Phi) is 9.97. The van der Waals surface area contributed by atoms with Gasteiger partial charge in [0.15, 0.2) is 5.78 Å². The Bertz CT molecular complexity index is 735. The van der Waals surface area contributed by atoms with Crippen LogP contribution in [-0.4, -0.2) is 56.0 Å². The van der Waals surface area contributed by atoms with Crippen molar-refractivity contribution >= 4 is 5.78 Å². The van der Waals surface area contributed by atoms with Gasteiger partial charge in [-0.2, -0.15) is 0 Å². The van der Waals surface area contributed by atoms with Gasteiger partial charge in [-0.1, -0.05) is 29.8 Å². The number of rotatable bonds is 8. The van der Waals surface area contributed by atoms with Gasteiger partial charge in [-0.3, -0.25) is 4.79 Å². The third-order valence-corrected chi connectivity index (χ3v) is 4.40. The summed E-state index contributed by atoms with van der Waals surface area (Å²) in [5, 5.41) is 12.9. The molecule has 0 spiro atoms. The molecule has 3 rings (SSSR count). The van der Waals surface area contributed by atoms with Gasteiger partial charge in [0, 0.05) is 18.7 Å². The van der Waals surface area contributed by atoms with Gasteiger partial charge in [0.05, 0.1) is 26.4 Å². The van der Waals surface area contributed by atoms with Crippen molar-refractivity contribution in [3.05, 3.63) is 65.2 Å². The van der Waals surface area contributed by atoms with Crippen molar-refractivity contribution in [1.29, 1.82) is 0 Å². The van der Waals surface area contributed by atoms with Crippen molar-refractivity contribution in [1.82, 2.24) is 5.32 Å². The molecule has 2 aromatic rings. The van der Waals surface area contributed by atoms with Gasteiger partial charge in [-0.05, 0) is 50.6 Å². The normalized spacial score (nSPS) is 13.9. The number of aliphatic hydroxyl groups is 1. The summed E-state index contributed by atoms with van der Waals surface area (Å²) in [7, 11) is 0. The van der Waals surface area contributed by atoms with E-state index in [4.69, 9.17) is 14.2 Å². The highest BCUT2D eigenvalue weighted by Crippen LogP contribution is 2.17. The largest absolute Gasteiger partial charge is 0.491 e. The minimum atomic E-state index is -1.37. The first-order valence-corrected chi connectivity index (χ1v) is 10.3. The zero-order chi connectivity index (χ0) is 21.8. The van der Waals surface area contributed by atoms with Gasteiger partial charge in [0.25, 0.3) is 0 Å². The number of carbonyl (C=O) groups excluding carboxylic acids is 1. The minimum absolute atomic E-state index is 0.310. The highest BCUT2D eigenvalue weighted by molar-refractivity contribution is 6.01. The molecule has 0 atom stereocenters. The molecule has 6 nitrogen and oxygen atoms in total. The van der Waals surface area contributed by atoms with E-state index in [-0.39, 0.29) is 5.78 Å². The van der Waals surface area contributed by atoms with E-state index in [9.17, 15) is 9.90 Å². The highest BCUT2D eigenvalue weighted by atomic mass is 16.5. The third-order valence-electron chi connectivity index (χ3n) is 4.40. The lowest BCUT2D eigenvalue weighted by atomic mass is 9.97. The number of ether oxygens (including phenoxy) is 3. The molecule has 1 aliphatic heterocycles. The fourth-order valence-electron chi connectivity index (χ4n) is 2.66. The Morgan fingerprint density at radius 1 is 1.03 bits per heavy atom. The molecule has 2 N–H and O–H groups in total. The summed E-state index contributed by atoms with van der Waals surface area (Å²) < 4.78 is 16.2. The Hall–Kier alpha value is -2.25. The summed E-state index contributed by atoms with van der Waals surface area (Å²) in [6.45, 7) is 10.3. The number of aryl methyl sites for hydroxylation is 1. The number of morpholine rings is 1. The second-order valence-corrected chi connectivity index (χ2v) is 7.66. The Morgan fingerprint density at radius 2 is 1.67 bits per heavy atom. The molecule has 1 fully saturated rings. The maximum absolute atomic E-state index is 11.9. The van der Waals surface area contributed by atoms with Crippen LogP contribution in [0.1, 0.15) is 35.3 Å². The first-order chi connectivity index (χ1) is 14.4. The van der Waals surface area contributed by atoms with E-state index in [1.165, 1.54) is 19.4 Å². The van der Waals surface area contributed by atoms with Crippen molar-refractivity contribution < 1.29 is 24.1 Å². The van der Waals surface area contributed by atoms with Crippen LogP contribution >= 0.6 is 0 Å². The van der Waals surface area contributed by atoms with Crippen LogP contribution in [0.4, 0.5) is 0 Å². The molecular formula is C24H33NO5.